The molecule has 2 rings (SSSR count). The van der Waals surface area contributed by atoms with Crippen molar-refractivity contribution in [2.75, 3.05) is 7.05 Å². The monoisotopic (exact) mass is 465 g/mol. The van der Waals surface area contributed by atoms with Crippen LogP contribution in [0.5, 0.6) is 0 Å². The Morgan fingerprint density at radius 1 is 1.29 bits per heavy atom. The lowest BCUT2D eigenvalue weighted by atomic mass is 9.88. The number of ketones is 1. The molecule has 3 atom stereocenters. The number of benzene rings is 1. The molecule has 0 saturated heterocycles. The van der Waals surface area contributed by atoms with E-state index in [4.69, 9.17) is 4.99 Å². The Morgan fingerprint density at radius 3 is 2.59 bits per heavy atom. The van der Waals surface area contributed by atoms with Gasteiger partial charge in [0.1, 0.15) is 17.7 Å². The van der Waals surface area contributed by atoms with Crippen molar-refractivity contribution in [1.29, 1.82) is 0 Å². The second-order valence-corrected chi connectivity index (χ2v) is 9.47. The summed E-state index contributed by atoms with van der Waals surface area (Å²) in [5.41, 5.74) is 5.90. The van der Waals surface area contributed by atoms with Crippen molar-refractivity contribution in [3.63, 3.8) is 0 Å². The van der Waals surface area contributed by atoms with Crippen LogP contribution in [-0.2, 0) is 4.79 Å². The van der Waals surface area contributed by atoms with E-state index in [2.05, 4.69) is 55.0 Å². The van der Waals surface area contributed by atoms with Gasteiger partial charge in [-0.15, -0.1) is 0 Å². The molecule has 1 heterocycles. The number of Topliss-reactive ketones (excluding diaryl/α,β-unsaturated/α-hetero) is 1. The largest absolute Gasteiger partial charge is 0.299 e. The molecule has 4 nitrogen and oxygen atoms in total. The van der Waals surface area contributed by atoms with Crippen molar-refractivity contribution in [3.05, 3.63) is 58.6 Å². The molecule has 0 radical (unpaired) electrons. The highest BCUT2D eigenvalue weighted by molar-refractivity contribution is 6.35. The Hall–Kier alpha value is -2.69. The summed E-state index contributed by atoms with van der Waals surface area (Å²) in [5.74, 6) is 0.138. The zero-order chi connectivity index (χ0) is 25.4. The second kappa shape index (κ2) is 12.7. The molecule has 1 aliphatic rings. The fraction of sp³-hybridized carbons (Fsp3) is 0.517. The normalized spacial score (nSPS) is 20.1. The average molecular weight is 466 g/mol. The van der Waals surface area contributed by atoms with Crippen molar-refractivity contribution >= 4 is 23.4 Å². The van der Waals surface area contributed by atoms with E-state index in [0.29, 0.717) is 24.5 Å². The van der Waals surface area contributed by atoms with Crippen LogP contribution in [-0.4, -0.2) is 36.5 Å². The maximum Gasteiger partial charge on any atom is 0.145 e. The summed E-state index contributed by atoms with van der Waals surface area (Å²) in [6.07, 6.45) is 4.50. The van der Waals surface area contributed by atoms with Crippen LogP contribution in [0.15, 0.2) is 62.4 Å². The summed E-state index contributed by atoms with van der Waals surface area (Å²) in [6.45, 7) is 14.0. The highest BCUT2D eigenvalue weighted by Gasteiger charge is 2.26. The number of hydrogen-bond acceptors (Lipinski definition) is 4. The quantitative estimate of drug-likeness (QED) is 0.353. The molecule has 1 aromatic rings. The number of carbonyl (C=O) groups is 1. The van der Waals surface area contributed by atoms with Gasteiger partial charge in [0.25, 0.3) is 0 Å². The predicted molar refractivity (Wildman–Crippen MR) is 143 cm³/mol. The molecule has 1 aromatic carbocycles. The summed E-state index contributed by atoms with van der Waals surface area (Å²) in [5, 5.41) is 0. The van der Waals surface area contributed by atoms with Crippen LogP contribution in [0.25, 0.3) is 0 Å². The van der Waals surface area contributed by atoms with Crippen molar-refractivity contribution < 1.29 is 9.18 Å². The van der Waals surface area contributed by atoms with Crippen LogP contribution < -0.4 is 0 Å². The van der Waals surface area contributed by atoms with E-state index in [1.807, 2.05) is 27.8 Å². The van der Waals surface area contributed by atoms with E-state index in [-0.39, 0.29) is 29.9 Å². The Morgan fingerprint density at radius 2 is 2.00 bits per heavy atom. The molecular weight excluding hydrogens is 425 g/mol. The summed E-state index contributed by atoms with van der Waals surface area (Å²) in [6, 6.07) is 8.00. The molecule has 0 spiro atoms. The topological polar surface area (TPSA) is 54.1 Å². The maximum atomic E-state index is 14.1. The first-order valence-electron chi connectivity index (χ1n) is 12.3. The van der Waals surface area contributed by atoms with Crippen LogP contribution >= 0.6 is 0 Å². The van der Waals surface area contributed by atoms with Gasteiger partial charge in [0.15, 0.2) is 0 Å². The number of rotatable bonds is 9. The van der Waals surface area contributed by atoms with E-state index in [0.717, 1.165) is 22.5 Å². The first-order chi connectivity index (χ1) is 16.1. The molecule has 0 fully saturated rings. The number of halogens is 1. The van der Waals surface area contributed by atoms with Gasteiger partial charge in [-0.3, -0.25) is 19.8 Å². The number of nitrogens with zero attached hydrogens (tertiary/aromatic N) is 3. The van der Waals surface area contributed by atoms with Gasteiger partial charge in [-0.2, -0.15) is 0 Å². The molecule has 5 heteroatoms. The minimum absolute atomic E-state index is 0.0624. The molecule has 0 saturated carbocycles. The molecule has 3 unspecified atom stereocenters. The summed E-state index contributed by atoms with van der Waals surface area (Å²) < 4.78 is 14.1. The van der Waals surface area contributed by atoms with Gasteiger partial charge < -0.3 is 0 Å². The highest BCUT2D eigenvalue weighted by Crippen LogP contribution is 2.30. The minimum atomic E-state index is -0.540. The lowest BCUT2D eigenvalue weighted by molar-refractivity contribution is -0.120. The lowest BCUT2D eigenvalue weighted by Crippen LogP contribution is -2.16. The van der Waals surface area contributed by atoms with Crippen LogP contribution in [0, 0.1) is 11.8 Å². The van der Waals surface area contributed by atoms with Crippen LogP contribution in [0.3, 0.4) is 0 Å². The van der Waals surface area contributed by atoms with E-state index in [9.17, 15) is 9.18 Å². The third kappa shape index (κ3) is 6.91. The zero-order valence-corrected chi connectivity index (χ0v) is 22.0. The number of hydrogen-bond donors (Lipinski definition) is 0. The molecule has 1 aliphatic heterocycles. The third-order valence-electron chi connectivity index (χ3n) is 6.66. The Kier molecular flexibility index (Phi) is 10.3. The smallest absolute Gasteiger partial charge is 0.145 e. The van der Waals surface area contributed by atoms with Gasteiger partial charge in [-0.05, 0) is 55.4 Å². The van der Waals surface area contributed by atoms with E-state index >= 15 is 0 Å². The van der Waals surface area contributed by atoms with Gasteiger partial charge in [-0.25, -0.2) is 4.39 Å². The van der Waals surface area contributed by atoms with Crippen LogP contribution in [0.1, 0.15) is 84.8 Å². The first kappa shape index (κ1) is 27.6. The maximum absolute atomic E-state index is 14.1. The average Bonchev–Trinajstić information content (AvgIpc) is 2.94. The summed E-state index contributed by atoms with van der Waals surface area (Å²) in [4.78, 5) is 26.7. The molecular formula is C29H40FN3O. The Balaban J connectivity index is 2.39. The van der Waals surface area contributed by atoms with Gasteiger partial charge in [-0.1, -0.05) is 58.9 Å². The molecule has 0 amide bonds. The van der Waals surface area contributed by atoms with Crippen molar-refractivity contribution in [3.8, 4) is 0 Å². The number of aliphatic imine (C=N–C) groups is 3. The number of allylic oxidation sites excluding steroid dienone is 3. The van der Waals surface area contributed by atoms with E-state index < -0.39 is 6.04 Å². The third-order valence-corrected chi connectivity index (χ3v) is 6.66. The SMILES string of the molecule is C/C=C(/F)C(CC)N=CC1=NC(C(C)CC(=NC)c2cccc(C(C)C)c2)=C(C)C(C)C(=O)C1. The Bertz CT molecular complexity index is 1030. The minimum Gasteiger partial charge on any atom is -0.299 e. The highest BCUT2D eigenvalue weighted by atomic mass is 19.1. The Labute approximate surface area is 204 Å². The summed E-state index contributed by atoms with van der Waals surface area (Å²) >= 11 is 0. The molecule has 34 heavy (non-hydrogen) atoms. The molecule has 0 N–H and O–H groups in total. The van der Waals surface area contributed by atoms with Crippen LogP contribution in [0.2, 0.25) is 0 Å². The zero-order valence-electron chi connectivity index (χ0n) is 22.0. The lowest BCUT2D eigenvalue weighted by Gasteiger charge is -2.19. The van der Waals surface area contributed by atoms with Gasteiger partial charge in [0, 0.05) is 36.5 Å². The standard InChI is InChI=1S/C29H40FN3O/c1-9-25(30)26(10-2)32-17-24-16-28(34)20(6)21(7)29(33-24)19(5)14-27(31-8)23-13-11-12-22(15-23)18(3)4/h9,11-13,15,17-20,26H,10,14,16H2,1-8H3/b25-9+,31-27?,32-17?. The van der Waals surface area contributed by atoms with Crippen molar-refractivity contribution in [2.45, 2.75) is 79.7 Å². The fourth-order valence-corrected chi connectivity index (χ4v) is 4.19. The second-order valence-electron chi connectivity index (χ2n) is 9.47. The first-order valence-corrected chi connectivity index (χ1v) is 12.3. The summed E-state index contributed by atoms with van der Waals surface area (Å²) in [7, 11) is 1.83. The van der Waals surface area contributed by atoms with E-state index in [1.165, 1.54) is 11.6 Å². The van der Waals surface area contributed by atoms with E-state index in [1.54, 1.807) is 13.1 Å². The van der Waals surface area contributed by atoms with Gasteiger partial charge >= 0.3 is 0 Å². The van der Waals surface area contributed by atoms with Crippen molar-refractivity contribution in [1.82, 2.24) is 0 Å². The van der Waals surface area contributed by atoms with Gasteiger partial charge in [0.05, 0.1) is 12.1 Å². The molecule has 0 bridgehead atoms. The number of carbonyl (C=O) groups excluding carboxylic acids is 1. The predicted octanol–water partition coefficient (Wildman–Crippen LogP) is 7.30. The molecule has 0 aromatic heterocycles. The molecule has 184 valence electrons. The molecule has 0 aliphatic carbocycles. The van der Waals surface area contributed by atoms with Gasteiger partial charge in [0.2, 0.25) is 0 Å². The van der Waals surface area contributed by atoms with Crippen LogP contribution in [0.4, 0.5) is 4.39 Å². The fourth-order valence-electron chi connectivity index (χ4n) is 4.19. The van der Waals surface area contributed by atoms with Crippen molar-refractivity contribution in [2.24, 2.45) is 26.8 Å².